The van der Waals surface area contributed by atoms with E-state index in [0.29, 0.717) is 52.0 Å². The molecule has 0 aliphatic rings. The van der Waals surface area contributed by atoms with Gasteiger partial charge in [0.05, 0.1) is 26.4 Å². The Morgan fingerprint density at radius 2 is 0.475 bits per heavy atom. The molecule has 0 aromatic carbocycles. The van der Waals surface area contributed by atoms with E-state index < -0.39 is 0 Å². The number of hydrogen-bond acceptors (Lipinski definition) is 12. The van der Waals surface area contributed by atoms with Crippen LogP contribution in [0.3, 0.4) is 0 Å². The second-order valence-electron chi connectivity index (χ2n) is 30.5. The summed E-state index contributed by atoms with van der Waals surface area (Å²) < 4.78 is 23.4. The number of aliphatic hydroxyl groups excluding tert-OH is 2. The van der Waals surface area contributed by atoms with Gasteiger partial charge in [0.1, 0.15) is 12.2 Å². The molecule has 0 radical (unpaired) electrons. The minimum absolute atomic E-state index is 0.000901. The molecule has 0 spiro atoms. The summed E-state index contributed by atoms with van der Waals surface area (Å²) in [6.45, 7) is 18.1. The summed E-state index contributed by atoms with van der Waals surface area (Å²) in [5, 5.41) is 19.4. The fraction of sp³-hybridized carbons (Fsp3) is 0.954. The summed E-state index contributed by atoms with van der Waals surface area (Å²) in [6, 6.07) is 0. The fourth-order valence-electron chi connectivity index (χ4n) is 14.4. The number of carbonyl (C=O) groups excluding carboxylic acids is 4. The van der Waals surface area contributed by atoms with Crippen LogP contribution in [0.4, 0.5) is 0 Å². The average Bonchev–Trinajstić information content (AvgIpc) is 2.67. The number of unbranched alkanes of at least 4 members (excludes halogenated alkanes) is 43. The Morgan fingerprint density at radius 1 is 0.242 bits per heavy atom. The summed E-state index contributed by atoms with van der Waals surface area (Å²) in [5.74, 6) is 0.706. The molecule has 0 saturated carbocycles. The monoisotopic (exact) mass is 1400 g/mol. The minimum Gasteiger partial charge on any atom is -0.466 e. The maximum atomic E-state index is 13.1. The van der Waals surface area contributed by atoms with Gasteiger partial charge in [0, 0.05) is 38.8 Å². The molecule has 0 heterocycles. The van der Waals surface area contributed by atoms with E-state index in [1.807, 2.05) is 0 Å². The van der Waals surface area contributed by atoms with Gasteiger partial charge in [-0.05, 0) is 148 Å². The van der Waals surface area contributed by atoms with Crippen molar-refractivity contribution in [2.45, 2.75) is 464 Å². The third kappa shape index (κ3) is 72.5. The zero-order valence-corrected chi connectivity index (χ0v) is 66.8. The van der Waals surface area contributed by atoms with Gasteiger partial charge >= 0.3 is 23.9 Å². The van der Waals surface area contributed by atoms with E-state index >= 15 is 0 Å². The molecule has 12 nitrogen and oxygen atoms in total. The van der Waals surface area contributed by atoms with Crippen LogP contribution in [-0.4, -0.2) is 122 Å². The first kappa shape index (κ1) is 96.7. The highest BCUT2D eigenvalue weighted by atomic mass is 16.6. The van der Waals surface area contributed by atoms with Crippen molar-refractivity contribution in [2.75, 3.05) is 65.7 Å². The highest BCUT2D eigenvalue weighted by molar-refractivity contribution is 5.70. The molecule has 0 aromatic rings. The van der Waals surface area contributed by atoms with E-state index in [9.17, 15) is 29.4 Å². The summed E-state index contributed by atoms with van der Waals surface area (Å²) in [4.78, 5) is 55.4. The molecule has 0 bridgehead atoms. The lowest BCUT2D eigenvalue weighted by Crippen LogP contribution is -2.29. The van der Waals surface area contributed by atoms with Crippen molar-refractivity contribution in [1.82, 2.24) is 9.80 Å². The Labute approximate surface area is 614 Å². The molecule has 12 heteroatoms. The number of carbonyl (C=O) groups is 4. The maximum Gasteiger partial charge on any atom is 0.306 e. The number of ether oxygens (including phenoxy) is 4. The van der Waals surface area contributed by atoms with Crippen molar-refractivity contribution >= 4 is 23.9 Å². The molecule has 0 aliphatic carbocycles. The number of aliphatic hydroxyl groups is 2. The van der Waals surface area contributed by atoms with E-state index in [1.54, 1.807) is 0 Å². The number of esters is 4. The smallest absolute Gasteiger partial charge is 0.306 e. The van der Waals surface area contributed by atoms with Gasteiger partial charge in [-0.3, -0.25) is 19.2 Å². The van der Waals surface area contributed by atoms with Gasteiger partial charge in [0.25, 0.3) is 0 Å². The second-order valence-corrected chi connectivity index (χ2v) is 30.5. The Kier molecular flexibility index (Phi) is 78.0. The third-order valence-corrected chi connectivity index (χ3v) is 20.9. The van der Waals surface area contributed by atoms with Crippen LogP contribution < -0.4 is 0 Å². The van der Waals surface area contributed by atoms with E-state index in [4.69, 9.17) is 18.9 Å². The summed E-state index contributed by atoms with van der Waals surface area (Å²) in [5.41, 5.74) is 0. The van der Waals surface area contributed by atoms with E-state index in [-0.39, 0.29) is 49.3 Å². The second kappa shape index (κ2) is 79.8. The third-order valence-electron chi connectivity index (χ3n) is 20.9. The quantitative estimate of drug-likeness (QED) is 0.0339. The number of nitrogens with zero attached hydrogens (tertiary/aromatic N) is 2. The predicted molar refractivity (Wildman–Crippen MR) is 421 cm³/mol. The van der Waals surface area contributed by atoms with Gasteiger partial charge in [-0.2, -0.15) is 0 Å². The van der Waals surface area contributed by atoms with Gasteiger partial charge in [0.15, 0.2) is 0 Å². The largest absolute Gasteiger partial charge is 0.466 e. The topological polar surface area (TPSA) is 152 Å². The molecule has 0 saturated heterocycles. The van der Waals surface area contributed by atoms with Crippen LogP contribution >= 0.6 is 0 Å². The number of rotatable bonds is 83. The zero-order valence-electron chi connectivity index (χ0n) is 66.8. The maximum absolute atomic E-state index is 13.1. The lowest BCUT2D eigenvalue weighted by Gasteiger charge is -2.21. The molecule has 99 heavy (non-hydrogen) atoms. The lowest BCUT2D eigenvalue weighted by atomic mass is 9.90. The Balaban J connectivity index is 4.25. The molecule has 0 fully saturated rings. The van der Waals surface area contributed by atoms with Crippen molar-refractivity contribution in [1.29, 1.82) is 0 Å². The SMILES string of the molecule is CCCCCCCCCCCOC(=O)CCCCCN(CCO)CCCCCCCC(=O)OC(CCCCCCCC)CCCCCCCC(CCC)CCCCCCCOC(=O)CCCCCN(CCO)CCCCCCCC(=O)OC(CCCCCCCC)CCCCCCCC. The van der Waals surface area contributed by atoms with E-state index in [2.05, 4.69) is 44.4 Å². The summed E-state index contributed by atoms with van der Waals surface area (Å²) in [6.07, 6.45) is 74.2. The molecular weight excluding hydrogens is 1230 g/mol. The van der Waals surface area contributed by atoms with Crippen LogP contribution in [-0.2, 0) is 38.1 Å². The fourth-order valence-corrected chi connectivity index (χ4v) is 14.4. The van der Waals surface area contributed by atoms with Gasteiger partial charge < -0.3 is 39.0 Å². The van der Waals surface area contributed by atoms with Crippen LogP contribution in [0.5, 0.6) is 0 Å². The summed E-state index contributed by atoms with van der Waals surface area (Å²) >= 11 is 0. The van der Waals surface area contributed by atoms with Crippen molar-refractivity contribution in [3.8, 4) is 0 Å². The number of hydrogen-bond donors (Lipinski definition) is 2. The van der Waals surface area contributed by atoms with Crippen molar-refractivity contribution in [2.24, 2.45) is 5.92 Å². The van der Waals surface area contributed by atoms with Gasteiger partial charge in [-0.1, -0.05) is 311 Å². The van der Waals surface area contributed by atoms with Crippen LogP contribution in [0.15, 0.2) is 0 Å². The molecule has 2 atom stereocenters. The van der Waals surface area contributed by atoms with Crippen molar-refractivity contribution < 1.29 is 48.3 Å². The molecule has 0 rings (SSSR count). The zero-order chi connectivity index (χ0) is 72.1. The molecule has 588 valence electrons. The standard InChI is InChI=1S/C87H170N2O10/c1-6-11-15-19-23-24-25-40-58-79-96-84(92)67-52-42-56-73-88(75-77-90)71-55-39-28-37-51-70-87(95)99-83(65-48-34-22-18-14-9-4)66-49-35-26-30-44-61-81(60-10-5)62-45-31-29-41-59-80-97-85(93)68-53-43-57-74-89(76-78-91)72-54-38-27-36-50-69-86(94)98-82(63-46-32-20-16-12-7-2)64-47-33-21-17-13-8-3/h81-83,90-91H,6-80H2,1-5H3. The molecule has 2 unspecified atom stereocenters. The predicted octanol–water partition coefficient (Wildman–Crippen LogP) is 24.6. The highest BCUT2D eigenvalue weighted by Gasteiger charge is 2.18. The molecule has 0 amide bonds. The first-order chi connectivity index (χ1) is 48.6. The van der Waals surface area contributed by atoms with Crippen molar-refractivity contribution in [3.63, 3.8) is 0 Å². The average molecular weight is 1400 g/mol. The highest BCUT2D eigenvalue weighted by Crippen LogP contribution is 2.25. The Morgan fingerprint density at radius 3 is 0.758 bits per heavy atom. The van der Waals surface area contributed by atoms with Crippen LogP contribution in [0.1, 0.15) is 452 Å². The minimum atomic E-state index is -0.0626. The normalized spacial score (nSPS) is 12.3. The molecule has 0 aliphatic heterocycles. The molecular formula is C87H170N2O10. The van der Waals surface area contributed by atoms with Crippen molar-refractivity contribution in [3.05, 3.63) is 0 Å². The first-order valence-electron chi connectivity index (χ1n) is 44.0. The van der Waals surface area contributed by atoms with E-state index in [1.165, 1.54) is 225 Å². The van der Waals surface area contributed by atoms with Gasteiger partial charge in [-0.15, -0.1) is 0 Å². The molecule has 2 N–H and O–H groups in total. The lowest BCUT2D eigenvalue weighted by molar-refractivity contribution is -0.151. The summed E-state index contributed by atoms with van der Waals surface area (Å²) in [7, 11) is 0. The van der Waals surface area contributed by atoms with E-state index in [0.717, 1.165) is 199 Å². The van der Waals surface area contributed by atoms with Gasteiger partial charge in [-0.25, -0.2) is 0 Å². The van der Waals surface area contributed by atoms with Crippen LogP contribution in [0, 0.1) is 5.92 Å². The van der Waals surface area contributed by atoms with Crippen LogP contribution in [0.2, 0.25) is 0 Å². The Bertz CT molecular complexity index is 1650. The first-order valence-corrected chi connectivity index (χ1v) is 44.0. The van der Waals surface area contributed by atoms with Crippen LogP contribution in [0.25, 0.3) is 0 Å². The Hall–Kier alpha value is -2.28. The molecule has 0 aromatic heterocycles. The van der Waals surface area contributed by atoms with Gasteiger partial charge in [0.2, 0.25) is 0 Å².